The van der Waals surface area contributed by atoms with Crippen molar-refractivity contribution < 1.29 is 33.8 Å². The van der Waals surface area contributed by atoms with Crippen LogP contribution in [0, 0.1) is 29.1 Å². The predicted molar refractivity (Wildman–Crippen MR) is 272 cm³/mol. The van der Waals surface area contributed by atoms with E-state index < -0.39 is 36.9 Å². The van der Waals surface area contributed by atoms with Crippen molar-refractivity contribution in [3.63, 3.8) is 0 Å². The SMILES string of the molecule is COc1c(CN2O[C@@H](CO)[C@@H]([C@H](C)OC(=O)NCCCCc3ccccc3)[C@H]2C(=O)N[C@H]2C[C@H]3C[C@@H]([C@@H]2C)C3(C)C)cccc1-c1cc(C(=O)NC(Cc2ccccc2)CN(C)C)cc(N(C)C)c1. The molecule has 3 saturated carbocycles. The van der Waals surface area contributed by atoms with E-state index in [1.807, 2.05) is 106 Å². The molecule has 3 amide bonds. The Bertz CT molecular complexity index is 2340. The van der Waals surface area contributed by atoms with Gasteiger partial charge < -0.3 is 40.3 Å². The first-order valence-electron chi connectivity index (χ1n) is 24.9. The molecule has 4 aliphatic rings. The van der Waals surface area contributed by atoms with Crippen LogP contribution >= 0.6 is 0 Å². The van der Waals surface area contributed by atoms with Crippen molar-refractivity contribution >= 4 is 23.6 Å². The number of para-hydroxylation sites is 1. The number of hydrogen-bond acceptors (Lipinski definition) is 10. The number of likely N-dealkylation sites (N-methyl/N-ethyl adjacent to an activating group) is 1. The number of unbranched alkanes of at least 4 members (excludes halogenated alkanes) is 1. The summed E-state index contributed by atoms with van der Waals surface area (Å²) < 4.78 is 12.2. The Morgan fingerprint density at radius 2 is 1.62 bits per heavy atom. The van der Waals surface area contributed by atoms with Crippen LogP contribution in [0.5, 0.6) is 5.75 Å². The number of methoxy groups -OCH3 is 1. The normalized spacial score (nSPS) is 23.6. The molecule has 2 bridgehead atoms. The number of rotatable bonds is 21. The fourth-order valence-corrected chi connectivity index (χ4v) is 11.3. The van der Waals surface area contributed by atoms with Crippen molar-refractivity contribution in [1.82, 2.24) is 25.9 Å². The zero-order chi connectivity index (χ0) is 49.4. The molecule has 1 unspecified atom stereocenters. The Morgan fingerprint density at radius 1 is 0.913 bits per heavy atom. The average Bonchev–Trinajstić information content (AvgIpc) is 3.70. The average molecular weight is 945 g/mol. The highest BCUT2D eigenvalue weighted by molar-refractivity contribution is 5.97. The van der Waals surface area contributed by atoms with E-state index in [1.165, 1.54) is 12.0 Å². The number of carbonyl (C=O) groups excluding carboxylic acids is 3. The Morgan fingerprint density at radius 3 is 2.26 bits per heavy atom. The van der Waals surface area contributed by atoms with Gasteiger partial charge in [0.05, 0.1) is 26.2 Å². The van der Waals surface area contributed by atoms with Crippen molar-refractivity contribution in [3.8, 4) is 16.9 Å². The fourth-order valence-electron chi connectivity index (χ4n) is 11.3. The van der Waals surface area contributed by atoms with Gasteiger partial charge in [-0.25, -0.2) is 4.79 Å². The van der Waals surface area contributed by atoms with Crippen LogP contribution in [0.25, 0.3) is 11.1 Å². The van der Waals surface area contributed by atoms with E-state index in [0.717, 1.165) is 53.6 Å². The summed E-state index contributed by atoms with van der Waals surface area (Å²) in [6, 6.07) is 31.0. The molecule has 1 aliphatic heterocycles. The first-order chi connectivity index (χ1) is 33.1. The van der Waals surface area contributed by atoms with Gasteiger partial charge in [-0.15, -0.1) is 0 Å². The summed E-state index contributed by atoms with van der Waals surface area (Å²) in [5.41, 5.74) is 6.25. The molecule has 4 fully saturated rings. The van der Waals surface area contributed by atoms with Gasteiger partial charge in [0.2, 0.25) is 5.91 Å². The first kappa shape index (κ1) is 51.4. The standard InChI is InChI=1S/C56H76N6O7/c1-36-47-31-43(56(47,3)4)32-48(36)59-54(65)51-50(37(2)68-55(66)57-26-17-16-21-38-19-12-10-13-20-38)49(35-63)69-62(51)33-40-24-18-25-46(52(40)67-9)41-28-42(30-45(29-41)61(7)8)53(64)58-44(34-60(5)6)27-39-22-14-11-15-23-39/h10-15,18-20,22-25,28-30,36-37,43-44,47-51,63H,16-17,21,26-27,31-35H2,1-9H3,(H,57,66)(H,58,64)(H,59,65)/t36-,37-,43+,44?,47-,48-,49-,50+,51-/m0/s1. The molecular formula is C56H76N6O7. The van der Waals surface area contributed by atoms with Gasteiger partial charge in [0.25, 0.3) is 5.91 Å². The maximum Gasteiger partial charge on any atom is 0.407 e. The lowest BCUT2D eigenvalue weighted by atomic mass is 9.45. The van der Waals surface area contributed by atoms with Gasteiger partial charge in [0.15, 0.2) is 0 Å². The summed E-state index contributed by atoms with van der Waals surface area (Å²) in [4.78, 5) is 53.0. The van der Waals surface area contributed by atoms with Crippen LogP contribution in [0.2, 0.25) is 0 Å². The number of alkyl carbamates (subject to hydrolysis) is 1. The second-order valence-corrected chi connectivity index (χ2v) is 20.8. The molecule has 4 aromatic rings. The molecule has 69 heavy (non-hydrogen) atoms. The van der Waals surface area contributed by atoms with E-state index in [-0.39, 0.29) is 41.8 Å². The van der Waals surface area contributed by atoms with Crippen LogP contribution in [0.15, 0.2) is 97.1 Å². The van der Waals surface area contributed by atoms with E-state index in [1.54, 1.807) is 19.1 Å². The number of ether oxygens (including phenoxy) is 2. The number of aliphatic hydroxyl groups is 1. The van der Waals surface area contributed by atoms with Crippen LogP contribution in [0.4, 0.5) is 10.5 Å². The number of nitrogens with zero attached hydrogens (tertiary/aromatic N) is 3. The summed E-state index contributed by atoms with van der Waals surface area (Å²) in [5, 5.41) is 22.1. The van der Waals surface area contributed by atoms with Gasteiger partial charge in [-0.2, -0.15) is 5.06 Å². The third-order valence-electron chi connectivity index (χ3n) is 15.2. The van der Waals surface area contributed by atoms with Crippen LogP contribution in [0.1, 0.15) is 80.4 Å². The number of carbonyl (C=O) groups is 3. The molecule has 372 valence electrons. The number of anilines is 1. The molecule has 0 spiro atoms. The zero-order valence-electron chi connectivity index (χ0n) is 42.2. The van der Waals surface area contributed by atoms with E-state index in [4.69, 9.17) is 14.3 Å². The van der Waals surface area contributed by atoms with Crippen LogP contribution < -0.4 is 25.6 Å². The predicted octanol–water partition coefficient (Wildman–Crippen LogP) is 7.75. The maximum absolute atomic E-state index is 14.9. The summed E-state index contributed by atoms with van der Waals surface area (Å²) in [6.07, 6.45) is 3.15. The molecule has 13 heteroatoms. The van der Waals surface area contributed by atoms with Crippen LogP contribution in [-0.2, 0) is 33.8 Å². The minimum atomic E-state index is -0.916. The van der Waals surface area contributed by atoms with E-state index in [9.17, 15) is 19.5 Å². The minimum Gasteiger partial charge on any atom is -0.496 e. The number of benzene rings is 4. The smallest absolute Gasteiger partial charge is 0.407 e. The summed E-state index contributed by atoms with van der Waals surface area (Å²) in [5.74, 6) is 0.762. The van der Waals surface area contributed by atoms with E-state index in [2.05, 4.69) is 65.9 Å². The van der Waals surface area contributed by atoms with Crippen molar-refractivity contribution in [2.24, 2.45) is 29.1 Å². The highest BCUT2D eigenvalue weighted by atomic mass is 16.7. The largest absolute Gasteiger partial charge is 0.496 e. The molecule has 0 radical (unpaired) electrons. The fraction of sp³-hybridized carbons (Fsp3) is 0.518. The van der Waals surface area contributed by atoms with Crippen molar-refractivity contribution in [2.45, 2.75) is 103 Å². The molecule has 0 aromatic heterocycles. The van der Waals surface area contributed by atoms with Gasteiger partial charge in [-0.1, -0.05) is 99.6 Å². The number of nitrogens with one attached hydrogen (secondary N) is 3. The van der Waals surface area contributed by atoms with Crippen molar-refractivity contribution in [3.05, 3.63) is 119 Å². The van der Waals surface area contributed by atoms with E-state index in [0.29, 0.717) is 42.7 Å². The van der Waals surface area contributed by atoms with Gasteiger partial charge in [0.1, 0.15) is 24.0 Å². The quantitative estimate of drug-likeness (QED) is 0.0613. The van der Waals surface area contributed by atoms with Crippen LogP contribution in [-0.4, -0.2) is 118 Å². The Hall–Kier alpha value is -5.47. The third kappa shape index (κ3) is 12.3. The molecule has 9 atom stereocenters. The Balaban J connectivity index is 1.13. The topological polar surface area (TPSA) is 145 Å². The zero-order valence-corrected chi connectivity index (χ0v) is 42.2. The minimum absolute atomic E-state index is 0.0231. The molecule has 4 aromatic carbocycles. The molecule has 13 nitrogen and oxygen atoms in total. The lowest BCUT2D eigenvalue weighted by Crippen LogP contribution is -2.62. The second-order valence-electron chi connectivity index (χ2n) is 20.8. The van der Waals surface area contributed by atoms with Gasteiger partial charge in [-0.05, 0) is 118 Å². The highest BCUT2D eigenvalue weighted by Crippen LogP contribution is 2.61. The van der Waals surface area contributed by atoms with E-state index >= 15 is 0 Å². The van der Waals surface area contributed by atoms with Crippen LogP contribution in [0.3, 0.4) is 0 Å². The molecule has 4 N–H and O–H groups in total. The second kappa shape index (κ2) is 23.0. The van der Waals surface area contributed by atoms with Gasteiger partial charge in [-0.3, -0.25) is 14.4 Å². The van der Waals surface area contributed by atoms with Crippen molar-refractivity contribution in [2.75, 3.05) is 59.9 Å². The molecule has 3 aliphatic carbocycles. The molecule has 8 rings (SSSR count). The lowest BCUT2D eigenvalue weighted by Gasteiger charge is -2.62. The number of aliphatic hydroxyl groups excluding tert-OH is 1. The third-order valence-corrected chi connectivity index (χ3v) is 15.2. The molecule has 1 saturated heterocycles. The number of hydroxylamine groups is 2. The molecular weight excluding hydrogens is 869 g/mol. The monoisotopic (exact) mass is 945 g/mol. The summed E-state index contributed by atoms with van der Waals surface area (Å²) >= 11 is 0. The van der Waals surface area contributed by atoms with Crippen molar-refractivity contribution in [1.29, 1.82) is 0 Å². The maximum atomic E-state index is 14.9. The first-order valence-corrected chi connectivity index (χ1v) is 24.9. The van der Waals surface area contributed by atoms with Gasteiger partial charge in [0, 0.05) is 61.6 Å². The van der Waals surface area contributed by atoms with Gasteiger partial charge >= 0.3 is 6.09 Å². The number of hydrogen-bond donors (Lipinski definition) is 4. The number of aryl methyl sites for hydroxylation is 1. The summed E-state index contributed by atoms with van der Waals surface area (Å²) in [6.45, 7) is 9.53. The highest BCUT2D eigenvalue weighted by Gasteiger charge is 2.57. The summed E-state index contributed by atoms with van der Waals surface area (Å²) in [7, 11) is 9.51. The number of fused-ring (bicyclic) bond motifs is 2. The Labute approximate surface area is 410 Å². The number of amides is 3. The lowest BCUT2D eigenvalue weighted by molar-refractivity contribution is -0.183. The molecule has 1 heterocycles. The Kier molecular flexibility index (Phi) is 17.1.